The number of esters is 1. The van der Waals surface area contributed by atoms with Crippen molar-refractivity contribution in [2.45, 2.75) is 0 Å². The van der Waals surface area contributed by atoms with Gasteiger partial charge in [0, 0.05) is 31.9 Å². The first kappa shape index (κ1) is 20.0. The number of carbonyl (C=O) groups is 3. The molecular weight excluding hydrogens is 406 g/mol. The van der Waals surface area contributed by atoms with Gasteiger partial charge in [0.15, 0.2) is 0 Å². The molecule has 0 bridgehead atoms. The highest BCUT2D eigenvalue weighted by atomic mass is 35.5. The number of imide groups is 1. The summed E-state index contributed by atoms with van der Waals surface area (Å²) in [7, 11) is 1.27. The number of carbonyl (C=O) groups excluding carboxylic acids is 3. The lowest BCUT2D eigenvalue weighted by atomic mass is 10.2. The summed E-state index contributed by atoms with van der Waals surface area (Å²) in [5, 5.41) is -0.100. The van der Waals surface area contributed by atoms with Crippen LogP contribution in [0.5, 0.6) is 0 Å². The average molecular weight is 426 g/mol. The normalized spacial score (nSPS) is 17.1. The van der Waals surface area contributed by atoms with E-state index < -0.39 is 17.8 Å². The molecular formula is C22H20ClN3O4. The predicted molar refractivity (Wildman–Crippen MR) is 113 cm³/mol. The second-order valence-corrected chi connectivity index (χ2v) is 7.34. The van der Waals surface area contributed by atoms with Crippen molar-refractivity contribution in [1.29, 1.82) is 0 Å². The number of para-hydroxylation sites is 1. The Morgan fingerprint density at radius 2 is 1.50 bits per heavy atom. The lowest BCUT2D eigenvalue weighted by Crippen LogP contribution is -2.47. The summed E-state index contributed by atoms with van der Waals surface area (Å²) in [6.45, 7) is 2.54. The van der Waals surface area contributed by atoms with Crippen LogP contribution < -0.4 is 9.80 Å². The van der Waals surface area contributed by atoms with Crippen molar-refractivity contribution in [2.75, 3.05) is 43.1 Å². The minimum atomic E-state index is -0.593. The van der Waals surface area contributed by atoms with Gasteiger partial charge in [0.05, 0.1) is 18.4 Å². The molecule has 0 atom stereocenters. The fraction of sp³-hybridized carbons (Fsp3) is 0.227. The van der Waals surface area contributed by atoms with E-state index in [1.807, 2.05) is 35.2 Å². The summed E-state index contributed by atoms with van der Waals surface area (Å²) in [6.07, 6.45) is 0. The largest absolute Gasteiger partial charge is 0.465 e. The Hall–Kier alpha value is -3.32. The molecule has 2 aliphatic heterocycles. The fourth-order valence-corrected chi connectivity index (χ4v) is 4.00. The second kappa shape index (κ2) is 8.20. The molecule has 8 heteroatoms. The first-order chi connectivity index (χ1) is 14.5. The van der Waals surface area contributed by atoms with Crippen molar-refractivity contribution in [3.63, 3.8) is 0 Å². The highest BCUT2D eigenvalue weighted by Crippen LogP contribution is 2.32. The Kier molecular flexibility index (Phi) is 5.46. The molecule has 2 amide bonds. The van der Waals surface area contributed by atoms with E-state index in [1.165, 1.54) is 13.2 Å². The lowest BCUT2D eigenvalue weighted by Gasteiger charge is -2.37. The molecule has 0 saturated carbocycles. The third-order valence-corrected chi connectivity index (χ3v) is 5.59. The molecule has 1 fully saturated rings. The minimum absolute atomic E-state index is 0.100. The molecule has 4 rings (SSSR count). The fourth-order valence-electron chi connectivity index (χ4n) is 3.72. The van der Waals surface area contributed by atoms with Gasteiger partial charge in [-0.25, -0.2) is 9.69 Å². The molecule has 30 heavy (non-hydrogen) atoms. The molecule has 0 aliphatic carbocycles. The molecule has 2 aromatic carbocycles. The third kappa shape index (κ3) is 3.52. The van der Waals surface area contributed by atoms with Gasteiger partial charge in [0.2, 0.25) is 0 Å². The summed E-state index contributed by atoms with van der Waals surface area (Å²) in [6, 6.07) is 16.2. The van der Waals surface area contributed by atoms with Crippen molar-refractivity contribution in [3.05, 3.63) is 70.9 Å². The number of hydrogen-bond acceptors (Lipinski definition) is 6. The third-order valence-electron chi connectivity index (χ3n) is 5.25. The molecule has 2 aromatic rings. The Labute approximate surface area is 179 Å². The van der Waals surface area contributed by atoms with Crippen LogP contribution in [-0.4, -0.2) is 56.0 Å². The summed E-state index contributed by atoms with van der Waals surface area (Å²) >= 11 is 6.31. The van der Waals surface area contributed by atoms with Crippen LogP contribution in [-0.2, 0) is 14.3 Å². The molecule has 0 unspecified atom stereocenters. The van der Waals surface area contributed by atoms with Crippen LogP contribution >= 0.6 is 11.6 Å². The number of ether oxygens (including phenoxy) is 1. The predicted octanol–water partition coefficient (Wildman–Crippen LogP) is 2.62. The maximum Gasteiger partial charge on any atom is 0.337 e. The van der Waals surface area contributed by atoms with Crippen molar-refractivity contribution < 1.29 is 19.1 Å². The average Bonchev–Trinajstić information content (AvgIpc) is 3.02. The van der Waals surface area contributed by atoms with Gasteiger partial charge in [-0.3, -0.25) is 9.59 Å². The zero-order chi connectivity index (χ0) is 21.3. The quantitative estimate of drug-likeness (QED) is 0.554. The van der Waals surface area contributed by atoms with E-state index in [9.17, 15) is 14.4 Å². The van der Waals surface area contributed by atoms with Crippen molar-refractivity contribution >= 4 is 40.8 Å². The number of methoxy groups -OCH3 is 1. The second-order valence-electron chi connectivity index (χ2n) is 6.96. The molecule has 7 nitrogen and oxygen atoms in total. The zero-order valence-electron chi connectivity index (χ0n) is 16.4. The number of anilines is 2. The monoisotopic (exact) mass is 425 g/mol. The van der Waals surface area contributed by atoms with Gasteiger partial charge in [-0.05, 0) is 30.3 Å². The van der Waals surface area contributed by atoms with E-state index in [-0.39, 0.29) is 22.0 Å². The zero-order valence-corrected chi connectivity index (χ0v) is 17.1. The van der Waals surface area contributed by atoms with Crippen molar-refractivity contribution in [2.24, 2.45) is 0 Å². The Morgan fingerprint density at radius 3 is 2.17 bits per heavy atom. The maximum atomic E-state index is 13.1. The molecule has 0 spiro atoms. The number of piperazine rings is 1. The van der Waals surface area contributed by atoms with Gasteiger partial charge in [0.1, 0.15) is 10.7 Å². The standard InChI is InChI=1S/C22H20ClN3O4/c1-30-22(29)15-6-5-9-17(14-15)26-20(27)18(23)19(21(26)28)25-12-10-24(11-13-25)16-7-3-2-4-8-16/h2-9,14H,10-13H2,1H3. The Balaban J connectivity index is 1.53. The van der Waals surface area contributed by atoms with Gasteiger partial charge in [0.25, 0.3) is 11.8 Å². The number of rotatable bonds is 4. The highest BCUT2D eigenvalue weighted by molar-refractivity contribution is 6.52. The van der Waals surface area contributed by atoms with Gasteiger partial charge >= 0.3 is 5.97 Å². The summed E-state index contributed by atoms with van der Waals surface area (Å²) in [5.74, 6) is -1.63. The first-order valence-electron chi connectivity index (χ1n) is 9.53. The summed E-state index contributed by atoms with van der Waals surface area (Å²) in [4.78, 5) is 42.8. The van der Waals surface area contributed by atoms with E-state index in [4.69, 9.17) is 16.3 Å². The molecule has 0 aromatic heterocycles. The van der Waals surface area contributed by atoms with E-state index in [2.05, 4.69) is 4.90 Å². The van der Waals surface area contributed by atoms with Gasteiger partial charge in [-0.2, -0.15) is 0 Å². The van der Waals surface area contributed by atoms with Crippen LogP contribution in [0.2, 0.25) is 0 Å². The minimum Gasteiger partial charge on any atom is -0.465 e. The van der Waals surface area contributed by atoms with Crippen molar-refractivity contribution in [1.82, 2.24) is 4.90 Å². The lowest BCUT2D eigenvalue weighted by molar-refractivity contribution is -0.121. The number of amides is 2. The van der Waals surface area contributed by atoms with Crippen LogP contribution in [0.1, 0.15) is 10.4 Å². The SMILES string of the molecule is COC(=O)c1cccc(N2C(=O)C(Cl)=C(N3CCN(c4ccccc4)CC3)C2=O)c1. The topological polar surface area (TPSA) is 70.2 Å². The molecule has 0 radical (unpaired) electrons. The highest BCUT2D eigenvalue weighted by Gasteiger charge is 2.42. The molecule has 1 saturated heterocycles. The van der Waals surface area contributed by atoms with Gasteiger partial charge < -0.3 is 14.5 Å². The van der Waals surface area contributed by atoms with Crippen LogP contribution in [0, 0.1) is 0 Å². The summed E-state index contributed by atoms with van der Waals surface area (Å²) in [5.41, 5.74) is 1.85. The van der Waals surface area contributed by atoms with E-state index in [0.717, 1.165) is 10.6 Å². The van der Waals surface area contributed by atoms with Gasteiger partial charge in [-0.15, -0.1) is 0 Å². The number of halogens is 1. The van der Waals surface area contributed by atoms with E-state index >= 15 is 0 Å². The van der Waals surface area contributed by atoms with Crippen LogP contribution in [0.3, 0.4) is 0 Å². The Bertz CT molecular complexity index is 1030. The maximum absolute atomic E-state index is 13.1. The molecule has 2 aliphatic rings. The first-order valence-corrected chi connectivity index (χ1v) is 9.91. The Morgan fingerprint density at radius 1 is 0.867 bits per heavy atom. The number of nitrogens with zero attached hydrogens (tertiary/aromatic N) is 3. The van der Waals surface area contributed by atoms with Gasteiger partial charge in [-0.1, -0.05) is 35.9 Å². The smallest absolute Gasteiger partial charge is 0.337 e. The van der Waals surface area contributed by atoms with Crippen LogP contribution in [0.4, 0.5) is 11.4 Å². The van der Waals surface area contributed by atoms with E-state index in [1.54, 1.807) is 18.2 Å². The van der Waals surface area contributed by atoms with Crippen LogP contribution in [0.15, 0.2) is 65.3 Å². The van der Waals surface area contributed by atoms with Crippen LogP contribution in [0.25, 0.3) is 0 Å². The molecule has 0 N–H and O–H groups in total. The van der Waals surface area contributed by atoms with Crippen molar-refractivity contribution in [3.8, 4) is 0 Å². The molecule has 2 heterocycles. The number of hydrogen-bond donors (Lipinski definition) is 0. The number of benzene rings is 2. The van der Waals surface area contributed by atoms with E-state index in [0.29, 0.717) is 26.2 Å². The summed E-state index contributed by atoms with van der Waals surface area (Å²) < 4.78 is 4.71. The molecule has 154 valence electrons.